The lowest BCUT2D eigenvalue weighted by Gasteiger charge is -2.19. The summed E-state index contributed by atoms with van der Waals surface area (Å²) in [4.78, 5) is 18.1. The minimum absolute atomic E-state index is 0.0592. The van der Waals surface area contributed by atoms with Gasteiger partial charge in [-0.1, -0.05) is 13.8 Å². The zero-order valence-electron chi connectivity index (χ0n) is 11.5. The smallest absolute Gasteiger partial charge is 0.257 e. The van der Waals surface area contributed by atoms with Crippen LogP contribution in [0.1, 0.15) is 36.3 Å². The Labute approximate surface area is 108 Å². The fourth-order valence-corrected chi connectivity index (χ4v) is 1.61. The molecule has 0 saturated heterocycles. The highest BCUT2D eigenvalue weighted by molar-refractivity contribution is 5.99. The summed E-state index contributed by atoms with van der Waals surface area (Å²) in [5, 5.41) is 0. The average Bonchev–Trinajstić information content (AvgIpc) is 2.34. The second-order valence-corrected chi connectivity index (χ2v) is 4.92. The molecule has 100 valence electrons. The molecule has 0 aliphatic heterocycles. The molecule has 5 heteroatoms. The number of carbonyl (C=O) groups excluding carboxylic acids is 1. The zero-order valence-corrected chi connectivity index (χ0v) is 11.5. The maximum atomic E-state index is 12.2. The third-order valence-corrected chi connectivity index (χ3v) is 2.82. The molecule has 3 N–H and O–H groups in total. The Morgan fingerprint density at radius 3 is 2.78 bits per heavy atom. The maximum absolute atomic E-state index is 12.2. The summed E-state index contributed by atoms with van der Waals surface area (Å²) >= 11 is 0. The second-order valence-electron chi connectivity index (χ2n) is 4.92. The molecule has 0 saturated carbocycles. The van der Waals surface area contributed by atoms with E-state index in [-0.39, 0.29) is 5.91 Å². The van der Waals surface area contributed by atoms with Crippen molar-refractivity contribution in [2.24, 2.45) is 11.8 Å². The molecule has 0 aliphatic carbocycles. The van der Waals surface area contributed by atoms with Crippen molar-refractivity contribution >= 4 is 11.6 Å². The van der Waals surface area contributed by atoms with Crippen LogP contribution in [0.5, 0.6) is 0 Å². The van der Waals surface area contributed by atoms with Crippen LogP contribution in [-0.4, -0.2) is 29.4 Å². The number of nitrogens with two attached hydrogens (primary N) is 1. The Morgan fingerprint density at radius 1 is 1.56 bits per heavy atom. The normalized spacial score (nSPS) is 10.6. The summed E-state index contributed by atoms with van der Waals surface area (Å²) in [6.45, 7) is 6.86. The molecule has 0 fully saturated rings. The first kappa shape index (κ1) is 14.4. The van der Waals surface area contributed by atoms with Gasteiger partial charge in [0, 0.05) is 25.5 Å². The van der Waals surface area contributed by atoms with E-state index in [1.807, 2.05) is 6.92 Å². The van der Waals surface area contributed by atoms with E-state index in [1.165, 1.54) is 0 Å². The Balaban J connectivity index is 2.83. The quantitative estimate of drug-likeness (QED) is 0.617. The minimum Gasteiger partial charge on any atom is -0.342 e. The molecule has 0 atom stereocenters. The first-order chi connectivity index (χ1) is 8.45. The summed E-state index contributed by atoms with van der Waals surface area (Å²) in [5.74, 6) is 5.94. The molecule has 0 aromatic carbocycles. The number of hydrogen-bond donors (Lipinski definition) is 2. The van der Waals surface area contributed by atoms with Crippen molar-refractivity contribution in [2.75, 3.05) is 19.0 Å². The summed E-state index contributed by atoms with van der Waals surface area (Å²) in [6, 6.07) is 1.77. The van der Waals surface area contributed by atoms with Crippen molar-refractivity contribution in [1.82, 2.24) is 9.88 Å². The predicted molar refractivity (Wildman–Crippen MR) is 73.2 cm³/mol. The maximum Gasteiger partial charge on any atom is 0.257 e. The van der Waals surface area contributed by atoms with Crippen LogP contribution in [0.15, 0.2) is 12.3 Å². The molecular weight excluding hydrogens is 228 g/mol. The highest BCUT2D eigenvalue weighted by Gasteiger charge is 2.16. The van der Waals surface area contributed by atoms with Crippen LogP contribution < -0.4 is 11.3 Å². The predicted octanol–water partition coefficient (Wildman–Crippen LogP) is 1.79. The van der Waals surface area contributed by atoms with Gasteiger partial charge in [-0.3, -0.25) is 15.6 Å². The van der Waals surface area contributed by atoms with Crippen molar-refractivity contribution in [1.29, 1.82) is 0 Å². The number of anilines is 1. The van der Waals surface area contributed by atoms with E-state index < -0.39 is 0 Å². The molecule has 0 bridgehead atoms. The summed E-state index contributed by atoms with van der Waals surface area (Å²) in [7, 11) is 1.80. The monoisotopic (exact) mass is 250 g/mol. The molecule has 1 aromatic rings. The number of rotatable bonds is 5. The highest BCUT2D eigenvalue weighted by atomic mass is 16.2. The Hall–Kier alpha value is -1.62. The van der Waals surface area contributed by atoms with Gasteiger partial charge < -0.3 is 10.3 Å². The van der Waals surface area contributed by atoms with Crippen LogP contribution in [0, 0.1) is 12.8 Å². The molecule has 5 nitrogen and oxygen atoms in total. The number of aromatic nitrogens is 1. The molecule has 1 aromatic heterocycles. The van der Waals surface area contributed by atoms with Crippen LogP contribution >= 0.6 is 0 Å². The molecule has 1 rings (SSSR count). The van der Waals surface area contributed by atoms with Gasteiger partial charge in [0.1, 0.15) is 0 Å². The fourth-order valence-electron chi connectivity index (χ4n) is 1.61. The molecular formula is C13H22N4O. The van der Waals surface area contributed by atoms with E-state index >= 15 is 0 Å². The molecule has 0 radical (unpaired) electrons. The average molecular weight is 250 g/mol. The molecule has 0 unspecified atom stereocenters. The van der Waals surface area contributed by atoms with E-state index in [0.29, 0.717) is 17.2 Å². The van der Waals surface area contributed by atoms with E-state index in [4.69, 9.17) is 5.84 Å². The van der Waals surface area contributed by atoms with Crippen LogP contribution in [0.2, 0.25) is 0 Å². The number of nitrogens with one attached hydrogen (secondary N) is 1. The van der Waals surface area contributed by atoms with Gasteiger partial charge in [0.2, 0.25) is 0 Å². The first-order valence-corrected chi connectivity index (χ1v) is 6.14. The molecule has 1 heterocycles. The lowest BCUT2D eigenvalue weighted by atomic mass is 10.1. The second kappa shape index (κ2) is 6.35. The van der Waals surface area contributed by atoms with Crippen LogP contribution in [0.4, 0.5) is 5.69 Å². The molecule has 18 heavy (non-hydrogen) atoms. The third kappa shape index (κ3) is 3.70. The van der Waals surface area contributed by atoms with Gasteiger partial charge in [0.25, 0.3) is 5.91 Å². The first-order valence-electron chi connectivity index (χ1n) is 6.14. The van der Waals surface area contributed by atoms with Gasteiger partial charge in [-0.25, -0.2) is 0 Å². The van der Waals surface area contributed by atoms with Crippen molar-refractivity contribution < 1.29 is 4.79 Å². The van der Waals surface area contributed by atoms with E-state index in [0.717, 1.165) is 18.7 Å². The Morgan fingerprint density at radius 2 is 2.22 bits per heavy atom. The number of nitrogens with zero attached hydrogens (tertiary/aromatic N) is 2. The van der Waals surface area contributed by atoms with Crippen LogP contribution in [0.3, 0.4) is 0 Å². The van der Waals surface area contributed by atoms with Gasteiger partial charge in [0.15, 0.2) is 0 Å². The topological polar surface area (TPSA) is 71.2 Å². The van der Waals surface area contributed by atoms with Crippen molar-refractivity contribution in [3.05, 3.63) is 23.5 Å². The number of nitrogen functional groups attached to an aromatic ring is 1. The van der Waals surface area contributed by atoms with E-state index in [9.17, 15) is 4.79 Å². The third-order valence-electron chi connectivity index (χ3n) is 2.82. The summed E-state index contributed by atoms with van der Waals surface area (Å²) in [5.41, 5.74) is 4.50. The summed E-state index contributed by atoms with van der Waals surface area (Å²) < 4.78 is 0. The lowest BCUT2D eigenvalue weighted by molar-refractivity contribution is 0.0789. The molecule has 1 amide bonds. The van der Waals surface area contributed by atoms with Crippen LogP contribution in [-0.2, 0) is 0 Å². The SMILES string of the molecule is Cc1cc(NN)c(C(=O)N(C)CCC(C)C)cn1. The summed E-state index contributed by atoms with van der Waals surface area (Å²) in [6.07, 6.45) is 2.55. The fraction of sp³-hybridized carbons (Fsp3) is 0.538. The van der Waals surface area contributed by atoms with Crippen molar-refractivity contribution in [3.63, 3.8) is 0 Å². The standard InChI is InChI=1S/C13H22N4O/c1-9(2)5-6-17(4)13(18)11-8-15-10(3)7-12(11)16-14/h7-9H,5-6,14H2,1-4H3,(H,15,16). The van der Waals surface area contributed by atoms with Crippen molar-refractivity contribution in [3.8, 4) is 0 Å². The van der Waals surface area contributed by atoms with Gasteiger partial charge in [-0.05, 0) is 25.3 Å². The van der Waals surface area contributed by atoms with Gasteiger partial charge in [-0.2, -0.15) is 0 Å². The zero-order chi connectivity index (χ0) is 13.7. The number of amides is 1. The minimum atomic E-state index is -0.0592. The lowest BCUT2D eigenvalue weighted by Crippen LogP contribution is -2.29. The largest absolute Gasteiger partial charge is 0.342 e. The number of hydrogen-bond acceptors (Lipinski definition) is 4. The number of hydrazine groups is 1. The van der Waals surface area contributed by atoms with Crippen molar-refractivity contribution in [2.45, 2.75) is 27.2 Å². The molecule has 0 aliphatic rings. The van der Waals surface area contributed by atoms with Crippen LogP contribution in [0.25, 0.3) is 0 Å². The highest BCUT2D eigenvalue weighted by Crippen LogP contribution is 2.16. The Kier molecular flexibility index (Phi) is 5.09. The number of carbonyl (C=O) groups is 1. The van der Waals surface area contributed by atoms with E-state index in [2.05, 4.69) is 24.3 Å². The van der Waals surface area contributed by atoms with Gasteiger partial charge >= 0.3 is 0 Å². The Bertz CT molecular complexity index is 417. The van der Waals surface area contributed by atoms with Gasteiger partial charge in [-0.15, -0.1) is 0 Å². The van der Waals surface area contributed by atoms with E-state index in [1.54, 1.807) is 24.2 Å². The number of aryl methyl sites for hydroxylation is 1. The van der Waals surface area contributed by atoms with Gasteiger partial charge in [0.05, 0.1) is 11.3 Å². The molecule has 0 spiro atoms. The number of pyridine rings is 1.